The quantitative estimate of drug-likeness (QED) is 0.241. The van der Waals surface area contributed by atoms with E-state index in [4.69, 9.17) is 9.47 Å². The number of nitrogens with zero attached hydrogens (tertiary/aromatic N) is 2. The van der Waals surface area contributed by atoms with Gasteiger partial charge < -0.3 is 14.0 Å². The summed E-state index contributed by atoms with van der Waals surface area (Å²) in [6, 6.07) is 7.99. The van der Waals surface area contributed by atoms with E-state index in [1.165, 1.54) is 28.6 Å². The van der Waals surface area contributed by atoms with E-state index in [9.17, 15) is 18.0 Å². The summed E-state index contributed by atoms with van der Waals surface area (Å²) in [5.74, 6) is -0.939. The van der Waals surface area contributed by atoms with E-state index >= 15 is 0 Å². The van der Waals surface area contributed by atoms with Crippen molar-refractivity contribution in [3.8, 4) is 0 Å². The normalized spacial score (nSPS) is 15.0. The number of morpholine rings is 1. The highest BCUT2D eigenvalue weighted by molar-refractivity contribution is 7.89. The maximum absolute atomic E-state index is 12.7. The number of carbonyl (C=O) groups is 2. The molecular weight excluding hydrogens is 444 g/mol. The average Bonchev–Trinajstić information content (AvgIpc) is 3.10. The van der Waals surface area contributed by atoms with Gasteiger partial charge in [-0.3, -0.25) is 4.79 Å². The van der Waals surface area contributed by atoms with Gasteiger partial charge in [-0.1, -0.05) is 18.2 Å². The summed E-state index contributed by atoms with van der Waals surface area (Å²) in [5.41, 5.74) is 2.88. The third-order valence-electron chi connectivity index (χ3n) is 5.43. The lowest BCUT2D eigenvalue weighted by Crippen LogP contribution is -2.40. The van der Waals surface area contributed by atoms with Crippen LogP contribution < -0.4 is 0 Å². The molecule has 1 aliphatic rings. The highest BCUT2D eigenvalue weighted by atomic mass is 32.2. The van der Waals surface area contributed by atoms with Crippen LogP contribution in [-0.4, -0.2) is 62.0 Å². The van der Waals surface area contributed by atoms with Crippen LogP contribution in [0.5, 0.6) is 0 Å². The molecule has 0 radical (unpaired) electrons. The van der Waals surface area contributed by atoms with Crippen LogP contribution in [0.4, 0.5) is 0 Å². The Morgan fingerprint density at radius 3 is 2.45 bits per heavy atom. The molecule has 0 bridgehead atoms. The van der Waals surface area contributed by atoms with Gasteiger partial charge in [0.2, 0.25) is 15.8 Å². The first-order chi connectivity index (χ1) is 15.7. The molecule has 0 spiro atoms. The molecule has 8 nitrogen and oxygen atoms in total. The van der Waals surface area contributed by atoms with Gasteiger partial charge in [0.25, 0.3) is 0 Å². The summed E-state index contributed by atoms with van der Waals surface area (Å²) >= 11 is 0. The molecule has 1 aromatic carbocycles. The Kier molecular flexibility index (Phi) is 8.01. The standard InChI is InChI=1S/C24H28N2O6S/c1-4-11-26-18(2)16-22(19(26)3)23(27)17-32-24(28)10-7-20-5-8-21(9-6-20)33(29,30)25-12-14-31-15-13-25/h4-10,16H,1,11-15,17H2,2-3H3. The van der Waals surface area contributed by atoms with Gasteiger partial charge in [0, 0.05) is 42.7 Å². The average molecular weight is 473 g/mol. The van der Waals surface area contributed by atoms with Crippen molar-refractivity contribution in [2.24, 2.45) is 0 Å². The number of allylic oxidation sites excluding steroid dienone is 1. The molecule has 0 saturated carbocycles. The summed E-state index contributed by atoms with van der Waals surface area (Å²) in [5, 5.41) is 0. The molecule has 1 aromatic heterocycles. The van der Waals surface area contributed by atoms with Crippen LogP contribution in [0.2, 0.25) is 0 Å². The molecule has 1 aliphatic heterocycles. The first-order valence-electron chi connectivity index (χ1n) is 10.6. The van der Waals surface area contributed by atoms with Gasteiger partial charge in [0.05, 0.1) is 18.1 Å². The molecule has 0 aliphatic carbocycles. The van der Waals surface area contributed by atoms with Gasteiger partial charge in [-0.05, 0) is 43.7 Å². The van der Waals surface area contributed by atoms with Crippen LogP contribution in [0.15, 0.2) is 54.0 Å². The minimum absolute atomic E-state index is 0.184. The predicted molar refractivity (Wildman–Crippen MR) is 124 cm³/mol. The lowest BCUT2D eigenvalue weighted by atomic mass is 10.1. The minimum atomic E-state index is -3.57. The number of aryl methyl sites for hydroxylation is 1. The fourth-order valence-corrected chi connectivity index (χ4v) is 5.02. The lowest BCUT2D eigenvalue weighted by molar-refractivity contribution is -0.136. The summed E-state index contributed by atoms with van der Waals surface area (Å²) < 4.78 is 38.9. The number of Topliss-reactive ketones (excluding diaryl/α,β-unsaturated/α-hetero) is 1. The van der Waals surface area contributed by atoms with Gasteiger partial charge in [0.15, 0.2) is 6.61 Å². The van der Waals surface area contributed by atoms with E-state index in [1.807, 2.05) is 18.4 Å². The zero-order chi connectivity index (χ0) is 24.0. The Bertz CT molecular complexity index is 1160. The van der Waals surface area contributed by atoms with E-state index in [2.05, 4.69) is 6.58 Å². The van der Waals surface area contributed by atoms with Crippen molar-refractivity contribution in [2.75, 3.05) is 32.9 Å². The number of ether oxygens (including phenoxy) is 2. The van der Waals surface area contributed by atoms with E-state index in [1.54, 1.807) is 24.3 Å². The predicted octanol–water partition coefficient (Wildman–Crippen LogP) is 2.75. The molecular formula is C24H28N2O6S. The molecule has 0 N–H and O–H groups in total. The van der Waals surface area contributed by atoms with Crippen molar-refractivity contribution < 1.29 is 27.5 Å². The number of benzene rings is 1. The highest BCUT2D eigenvalue weighted by Gasteiger charge is 2.26. The summed E-state index contributed by atoms with van der Waals surface area (Å²) in [4.78, 5) is 24.7. The molecule has 1 saturated heterocycles. The maximum Gasteiger partial charge on any atom is 0.331 e. The van der Waals surface area contributed by atoms with E-state index in [0.717, 1.165) is 11.4 Å². The Morgan fingerprint density at radius 2 is 1.82 bits per heavy atom. The van der Waals surface area contributed by atoms with Crippen molar-refractivity contribution in [1.82, 2.24) is 8.87 Å². The molecule has 33 heavy (non-hydrogen) atoms. The third-order valence-corrected chi connectivity index (χ3v) is 7.34. The van der Waals surface area contributed by atoms with Gasteiger partial charge in [-0.2, -0.15) is 4.31 Å². The molecule has 9 heteroatoms. The van der Waals surface area contributed by atoms with Gasteiger partial charge in [-0.15, -0.1) is 6.58 Å². The van der Waals surface area contributed by atoms with Gasteiger partial charge in [0.1, 0.15) is 0 Å². The molecule has 0 atom stereocenters. The highest BCUT2D eigenvalue weighted by Crippen LogP contribution is 2.19. The van der Waals surface area contributed by atoms with Crippen LogP contribution >= 0.6 is 0 Å². The maximum atomic E-state index is 12.7. The van der Waals surface area contributed by atoms with E-state index in [-0.39, 0.29) is 17.3 Å². The molecule has 2 heterocycles. The zero-order valence-corrected chi connectivity index (χ0v) is 19.6. The van der Waals surface area contributed by atoms with Crippen molar-refractivity contribution in [1.29, 1.82) is 0 Å². The monoisotopic (exact) mass is 472 g/mol. The van der Waals surface area contributed by atoms with Crippen LogP contribution in [0, 0.1) is 13.8 Å². The fraction of sp³-hybridized carbons (Fsp3) is 0.333. The number of sulfonamides is 1. The first-order valence-corrected chi connectivity index (χ1v) is 12.0. The second-order valence-electron chi connectivity index (χ2n) is 7.63. The van der Waals surface area contributed by atoms with Crippen LogP contribution in [0.25, 0.3) is 6.08 Å². The molecule has 3 rings (SSSR count). The lowest BCUT2D eigenvalue weighted by Gasteiger charge is -2.26. The number of aromatic nitrogens is 1. The number of hydrogen-bond acceptors (Lipinski definition) is 6. The molecule has 1 fully saturated rings. The van der Waals surface area contributed by atoms with Gasteiger partial charge in [-0.25, -0.2) is 13.2 Å². The number of ketones is 1. The summed E-state index contributed by atoms with van der Waals surface area (Å²) in [6.07, 6.45) is 4.47. The smallest absolute Gasteiger partial charge is 0.331 e. The van der Waals surface area contributed by atoms with Crippen LogP contribution in [0.3, 0.4) is 0 Å². The first kappa shape index (κ1) is 24.6. The van der Waals surface area contributed by atoms with Crippen molar-refractivity contribution in [2.45, 2.75) is 25.3 Å². The van der Waals surface area contributed by atoms with E-state index in [0.29, 0.717) is 44.0 Å². The third kappa shape index (κ3) is 5.87. The Labute approximate surface area is 194 Å². The minimum Gasteiger partial charge on any atom is -0.454 e. The topological polar surface area (TPSA) is 94.9 Å². The Morgan fingerprint density at radius 1 is 1.15 bits per heavy atom. The van der Waals surface area contributed by atoms with Crippen LogP contribution in [0.1, 0.15) is 27.3 Å². The molecule has 176 valence electrons. The van der Waals surface area contributed by atoms with Crippen LogP contribution in [-0.2, 0) is 30.8 Å². The number of carbonyl (C=O) groups excluding carboxylic acids is 2. The summed E-state index contributed by atoms with van der Waals surface area (Å²) in [7, 11) is -3.57. The number of rotatable bonds is 9. The second kappa shape index (κ2) is 10.7. The zero-order valence-electron chi connectivity index (χ0n) is 18.8. The SMILES string of the molecule is C=CCn1c(C)cc(C(=O)COC(=O)C=Cc2ccc(S(=O)(=O)N3CCOCC3)cc2)c1C. The second-order valence-corrected chi connectivity index (χ2v) is 9.57. The largest absolute Gasteiger partial charge is 0.454 e. The molecule has 0 amide bonds. The van der Waals surface area contributed by atoms with Gasteiger partial charge >= 0.3 is 5.97 Å². The Balaban J connectivity index is 1.57. The number of hydrogen-bond donors (Lipinski definition) is 0. The molecule has 2 aromatic rings. The van der Waals surface area contributed by atoms with Crippen molar-refractivity contribution in [3.05, 3.63) is 71.6 Å². The van der Waals surface area contributed by atoms with Crippen molar-refractivity contribution >= 4 is 27.9 Å². The fourth-order valence-electron chi connectivity index (χ4n) is 3.61. The van der Waals surface area contributed by atoms with Crippen molar-refractivity contribution in [3.63, 3.8) is 0 Å². The summed E-state index contributed by atoms with van der Waals surface area (Å²) in [6.45, 7) is 9.11. The molecule has 0 unspecified atom stereocenters. The van der Waals surface area contributed by atoms with E-state index < -0.39 is 16.0 Å². The number of esters is 1. The Hall–Kier alpha value is -3.01.